The highest BCUT2D eigenvalue weighted by Gasteiger charge is 2.61. The van der Waals surface area contributed by atoms with E-state index >= 15 is 0 Å². The van der Waals surface area contributed by atoms with Gasteiger partial charge in [-0.15, -0.1) is 0 Å². The predicted molar refractivity (Wildman–Crippen MR) is 101 cm³/mol. The molecule has 2 atom stereocenters. The quantitative estimate of drug-likeness (QED) is 0.898. The van der Waals surface area contributed by atoms with Gasteiger partial charge in [0.1, 0.15) is 0 Å². The van der Waals surface area contributed by atoms with Crippen LogP contribution in [0.25, 0.3) is 0 Å². The van der Waals surface area contributed by atoms with Crippen LogP contribution >= 0.6 is 0 Å². The van der Waals surface area contributed by atoms with Crippen LogP contribution in [-0.2, 0) is 16.6 Å². The minimum Gasteiger partial charge on any atom is -0.504 e. The van der Waals surface area contributed by atoms with Crippen LogP contribution in [0.4, 0.5) is 0 Å². The number of aromatic hydroxyl groups is 1. The Morgan fingerprint density at radius 3 is 2.77 bits per heavy atom. The largest absolute Gasteiger partial charge is 0.504 e. The summed E-state index contributed by atoms with van der Waals surface area (Å²) in [5.41, 5.74) is 3.86. The molecule has 2 aromatic carbocycles. The monoisotopic (exact) mass is 351 g/mol. The molecule has 1 heterocycles. The SMILES string of the molecule is COc1cc(CCC(=O)N2C[C@@H]3C[C@]3(c3ccc(C)cc3)C2)ccc1O. The number of hydrogen-bond donors (Lipinski definition) is 1. The molecule has 0 bridgehead atoms. The number of amides is 1. The maximum absolute atomic E-state index is 12.7. The number of benzene rings is 2. The van der Waals surface area contributed by atoms with Crippen LogP contribution < -0.4 is 4.74 Å². The van der Waals surface area contributed by atoms with Crippen molar-refractivity contribution in [1.29, 1.82) is 0 Å². The highest BCUT2D eigenvalue weighted by Crippen LogP contribution is 2.59. The standard InChI is InChI=1S/C22H25NO3/c1-15-3-7-17(8-4-15)22-12-18(22)13-23(14-22)21(25)10-6-16-5-9-19(24)20(11-16)26-2/h3-5,7-9,11,18,24H,6,10,12-14H2,1-2H3/t18-,22+/m0/s1. The molecule has 26 heavy (non-hydrogen) atoms. The van der Waals surface area contributed by atoms with E-state index in [9.17, 15) is 9.90 Å². The van der Waals surface area contributed by atoms with E-state index < -0.39 is 0 Å². The Labute approximate surface area is 154 Å². The zero-order chi connectivity index (χ0) is 18.3. The second kappa shape index (κ2) is 6.35. The van der Waals surface area contributed by atoms with E-state index in [1.54, 1.807) is 12.1 Å². The van der Waals surface area contributed by atoms with Gasteiger partial charge in [0.2, 0.25) is 5.91 Å². The van der Waals surface area contributed by atoms with E-state index in [0.717, 1.165) is 18.7 Å². The molecule has 0 radical (unpaired) electrons. The van der Waals surface area contributed by atoms with Gasteiger partial charge in [-0.2, -0.15) is 0 Å². The van der Waals surface area contributed by atoms with E-state index in [-0.39, 0.29) is 17.1 Å². The normalized spacial score (nSPS) is 23.6. The van der Waals surface area contributed by atoms with E-state index in [1.807, 2.05) is 11.0 Å². The number of piperidine rings is 1. The van der Waals surface area contributed by atoms with Crippen molar-refractivity contribution in [2.45, 2.75) is 31.6 Å². The molecular weight excluding hydrogens is 326 g/mol. The summed E-state index contributed by atoms with van der Waals surface area (Å²) in [5, 5.41) is 9.67. The molecule has 4 heteroatoms. The van der Waals surface area contributed by atoms with Crippen molar-refractivity contribution in [2.75, 3.05) is 20.2 Å². The van der Waals surface area contributed by atoms with Crippen LogP contribution in [0.1, 0.15) is 29.5 Å². The first-order valence-corrected chi connectivity index (χ1v) is 9.22. The third-order valence-corrected chi connectivity index (χ3v) is 6.00. The van der Waals surface area contributed by atoms with Crippen molar-refractivity contribution in [3.8, 4) is 11.5 Å². The van der Waals surface area contributed by atoms with Crippen LogP contribution in [0.2, 0.25) is 0 Å². The van der Waals surface area contributed by atoms with Gasteiger partial charge in [-0.05, 0) is 48.9 Å². The molecule has 2 aromatic rings. The molecule has 0 spiro atoms. The summed E-state index contributed by atoms with van der Waals surface area (Å²) >= 11 is 0. The third kappa shape index (κ3) is 2.94. The third-order valence-electron chi connectivity index (χ3n) is 6.00. The number of methoxy groups -OCH3 is 1. The molecule has 2 fully saturated rings. The van der Waals surface area contributed by atoms with Gasteiger partial charge in [0.25, 0.3) is 0 Å². The highest BCUT2D eigenvalue weighted by molar-refractivity contribution is 5.77. The van der Waals surface area contributed by atoms with Crippen molar-refractivity contribution < 1.29 is 14.6 Å². The number of likely N-dealkylation sites (tertiary alicyclic amines) is 1. The summed E-state index contributed by atoms with van der Waals surface area (Å²) < 4.78 is 5.14. The lowest BCUT2D eigenvalue weighted by molar-refractivity contribution is -0.130. The number of rotatable bonds is 5. The number of hydrogen-bond acceptors (Lipinski definition) is 3. The minimum absolute atomic E-state index is 0.127. The molecule has 1 amide bonds. The average Bonchev–Trinajstić information content (AvgIpc) is 3.22. The number of phenols is 1. The number of carbonyl (C=O) groups excluding carboxylic acids is 1. The molecule has 2 aliphatic rings. The highest BCUT2D eigenvalue weighted by atomic mass is 16.5. The van der Waals surface area contributed by atoms with Crippen LogP contribution in [-0.4, -0.2) is 36.1 Å². The average molecular weight is 351 g/mol. The first-order chi connectivity index (χ1) is 12.5. The van der Waals surface area contributed by atoms with Gasteiger partial charge < -0.3 is 14.7 Å². The van der Waals surface area contributed by atoms with Crippen molar-refractivity contribution in [3.63, 3.8) is 0 Å². The first kappa shape index (κ1) is 17.0. The summed E-state index contributed by atoms with van der Waals surface area (Å²) in [6, 6.07) is 14.1. The summed E-state index contributed by atoms with van der Waals surface area (Å²) in [6.07, 6.45) is 2.35. The molecule has 1 saturated carbocycles. The van der Waals surface area contributed by atoms with E-state index in [4.69, 9.17) is 4.74 Å². The van der Waals surface area contributed by atoms with Crippen LogP contribution in [0, 0.1) is 12.8 Å². The Bertz CT molecular complexity index is 830. The molecule has 136 valence electrons. The summed E-state index contributed by atoms with van der Waals surface area (Å²) in [7, 11) is 1.53. The lowest BCUT2D eigenvalue weighted by atomic mass is 9.94. The van der Waals surface area contributed by atoms with Crippen molar-refractivity contribution in [3.05, 3.63) is 59.2 Å². The topological polar surface area (TPSA) is 49.8 Å². The van der Waals surface area contributed by atoms with Gasteiger partial charge in [-0.1, -0.05) is 35.9 Å². The first-order valence-electron chi connectivity index (χ1n) is 9.22. The van der Waals surface area contributed by atoms with Gasteiger partial charge in [-0.25, -0.2) is 0 Å². The molecule has 0 aromatic heterocycles. The van der Waals surface area contributed by atoms with Gasteiger partial charge in [0.15, 0.2) is 11.5 Å². The number of aryl methyl sites for hydroxylation is 2. The Morgan fingerprint density at radius 2 is 2.04 bits per heavy atom. The molecule has 1 aliphatic carbocycles. The van der Waals surface area contributed by atoms with Gasteiger partial charge in [0, 0.05) is 24.9 Å². The van der Waals surface area contributed by atoms with Crippen LogP contribution in [0.15, 0.2) is 42.5 Å². The number of carbonyl (C=O) groups is 1. The smallest absolute Gasteiger partial charge is 0.222 e. The van der Waals surface area contributed by atoms with Gasteiger partial charge in [-0.3, -0.25) is 4.79 Å². The summed E-state index contributed by atoms with van der Waals surface area (Å²) in [6.45, 7) is 3.83. The van der Waals surface area contributed by atoms with Gasteiger partial charge in [0.05, 0.1) is 7.11 Å². The Kier molecular flexibility index (Phi) is 4.14. The fourth-order valence-corrected chi connectivity index (χ4v) is 4.29. The zero-order valence-corrected chi connectivity index (χ0v) is 15.4. The summed E-state index contributed by atoms with van der Waals surface area (Å²) in [4.78, 5) is 14.7. The number of ether oxygens (including phenoxy) is 1. The molecule has 4 rings (SSSR count). The summed E-state index contributed by atoms with van der Waals surface area (Å²) in [5.74, 6) is 1.41. The molecule has 0 unspecified atom stereocenters. The van der Waals surface area contributed by atoms with Crippen LogP contribution in [0.3, 0.4) is 0 Å². The zero-order valence-electron chi connectivity index (χ0n) is 15.4. The predicted octanol–water partition coefficient (Wildman–Crippen LogP) is 3.44. The maximum Gasteiger partial charge on any atom is 0.222 e. The molecule has 1 aliphatic heterocycles. The van der Waals surface area contributed by atoms with E-state index in [0.29, 0.717) is 24.5 Å². The van der Waals surface area contributed by atoms with E-state index in [2.05, 4.69) is 31.2 Å². The fraction of sp³-hybridized carbons (Fsp3) is 0.409. The number of fused-ring (bicyclic) bond motifs is 1. The Balaban J connectivity index is 1.37. The van der Waals surface area contributed by atoms with Crippen molar-refractivity contribution in [2.24, 2.45) is 5.92 Å². The van der Waals surface area contributed by atoms with Crippen LogP contribution in [0.5, 0.6) is 11.5 Å². The lowest BCUT2D eigenvalue weighted by Crippen LogP contribution is -2.33. The minimum atomic E-state index is 0.127. The second-order valence-electron chi connectivity index (χ2n) is 7.70. The number of phenolic OH excluding ortho intramolecular Hbond substituents is 1. The maximum atomic E-state index is 12.7. The molecule has 1 saturated heterocycles. The fourth-order valence-electron chi connectivity index (χ4n) is 4.29. The van der Waals surface area contributed by atoms with Crippen molar-refractivity contribution >= 4 is 5.91 Å². The Hall–Kier alpha value is -2.49. The molecular formula is C22H25NO3. The number of nitrogens with zero attached hydrogens (tertiary/aromatic N) is 1. The Morgan fingerprint density at radius 1 is 1.27 bits per heavy atom. The molecule has 1 N–H and O–H groups in total. The van der Waals surface area contributed by atoms with E-state index in [1.165, 1.54) is 24.7 Å². The van der Waals surface area contributed by atoms with Crippen molar-refractivity contribution in [1.82, 2.24) is 4.90 Å². The second-order valence-corrected chi connectivity index (χ2v) is 7.70. The molecule has 4 nitrogen and oxygen atoms in total. The lowest BCUT2D eigenvalue weighted by Gasteiger charge is -2.21. The van der Waals surface area contributed by atoms with Gasteiger partial charge >= 0.3 is 0 Å².